The predicted octanol–water partition coefficient (Wildman–Crippen LogP) is 4.33. The van der Waals surface area contributed by atoms with E-state index in [-0.39, 0.29) is 0 Å². The molecule has 2 aromatic rings. The Morgan fingerprint density at radius 3 is 2.91 bits per heavy atom. The fourth-order valence-electron chi connectivity index (χ4n) is 3.52. The van der Waals surface area contributed by atoms with Crippen molar-refractivity contribution in [1.29, 1.82) is 0 Å². The van der Waals surface area contributed by atoms with E-state index in [0.717, 1.165) is 47.6 Å². The van der Waals surface area contributed by atoms with E-state index in [1.807, 2.05) is 6.07 Å². The lowest BCUT2D eigenvalue weighted by Gasteiger charge is -2.40. The molecule has 5 heteroatoms. The summed E-state index contributed by atoms with van der Waals surface area (Å²) in [5, 5.41) is 7.90. The quantitative estimate of drug-likeness (QED) is 0.881. The van der Waals surface area contributed by atoms with E-state index in [1.54, 1.807) is 0 Å². The minimum Gasteiger partial charge on any atom is -0.492 e. The van der Waals surface area contributed by atoms with Gasteiger partial charge in [0.05, 0.1) is 22.5 Å². The molecule has 22 heavy (non-hydrogen) atoms. The van der Waals surface area contributed by atoms with E-state index in [4.69, 9.17) is 4.74 Å². The SMILES string of the molecule is CCCOc1ccc(-c2n[nH]c3c2N2CCC3CC2)cc1Br. The number of nitrogens with zero attached hydrogens (tertiary/aromatic N) is 2. The van der Waals surface area contributed by atoms with Gasteiger partial charge in [-0.25, -0.2) is 0 Å². The van der Waals surface area contributed by atoms with Gasteiger partial charge >= 0.3 is 0 Å². The van der Waals surface area contributed by atoms with Crippen molar-refractivity contribution in [2.75, 3.05) is 24.6 Å². The first kappa shape index (κ1) is 14.1. The molecule has 0 saturated carbocycles. The van der Waals surface area contributed by atoms with E-state index < -0.39 is 0 Å². The molecule has 3 aliphatic rings. The summed E-state index contributed by atoms with van der Waals surface area (Å²) >= 11 is 3.62. The molecule has 0 aliphatic carbocycles. The molecule has 0 spiro atoms. The number of fused-ring (bicyclic) bond motifs is 2. The van der Waals surface area contributed by atoms with Crippen LogP contribution in [0.25, 0.3) is 11.3 Å². The van der Waals surface area contributed by atoms with Gasteiger partial charge in [-0.15, -0.1) is 0 Å². The summed E-state index contributed by atoms with van der Waals surface area (Å²) in [4.78, 5) is 2.48. The van der Waals surface area contributed by atoms with Crippen LogP contribution in [0.2, 0.25) is 0 Å². The lowest BCUT2D eigenvalue weighted by molar-refractivity contribution is 0.315. The van der Waals surface area contributed by atoms with Crippen molar-refractivity contribution < 1.29 is 4.74 Å². The molecule has 0 radical (unpaired) electrons. The van der Waals surface area contributed by atoms with Crippen LogP contribution in [-0.2, 0) is 0 Å². The van der Waals surface area contributed by atoms with Crippen molar-refractivity contribution in [2.24, 2.45) is 0 Å². The number of halogens is 1. The Hall–Kier alpha value is -1.49. The van der Waals surface area contributed by atoms with Crippen LogP contribution in [0.4, 0.5) is 5.69 Å². The molecule has 1 saturated heterocycles. The first-order valence-electron chi connectivity index (χ1n) is 8.04. The largest absolute Gasteiger partial charge is 0.492 e. The minimum atomic E-state index is 0.664. The smallest absolute Gasteiger partial charge is 0.133 e. The summed E-state index contributed by atoms with van der Waals surface area (Å²) in [5.74, 6) is 1.56. The summed E-state index contributed by atoms with van der Waals surface area (Å²) in [6, 6.07) is 6.26. The van der Waals surface area contributed by atoms with Gasteiger partial charge in [0.1, 0.15) is 11.4 Å². The number of benzene rings is 1. The number of hydrogen-bond donors (Lipinski definition) is 1. The van der Waals surface area contributed by atoms with E-state index in [2.05, 4.69) is 50.1 Å². The van der Waals surface area contributed by atoms with Crippen LogP contribution in [0, 0.1) is 0 Å². The number of nitrogens with one attached hydrogen (secondary N) is 1. The Kier molecular flexibility index (Phi) is 3.60. The number of aromatic nitrogens is 2. The lowest BCUT2D eigenvalue weighted by atomic mass is 9.86. The molecule has 0 atom stereocenters. The van der Waals surface area contributed by atoms with Crippen LogP contribution < -0.4 is 9.64 Å². The average molecular weight is 362 g/mol. The number of anilines is 1. The molecule has 1 aromatic carbocycles. The fraction of sp³-hybridized carbons (Fsp3) is 0.471. The van der Waals surface area contributed by atoms with E-state index in [1.165, 1.54) is 24.2 Å². The van der Waals surface area contributed by atoms with Crippen molar-refractivity contribution >= 4 is 21.6 Å². The molecule has 5 rings (SSSR count). The van der Waals surface area contributed by atoms with Gasteiger partial charge in [0.2, 0.25) is 0 Å². The van der Waals surface area contributed by atoms with E-state index >= 15 is 0 Å². The Morgan fingerprint density at radius 2 is 2.18 bits per heavy atom. The third kappa shape index (κ3) is 2.22. The molecular weight excluding hydrogens is 342 g/mol. The van der Waals surface area contributed by atoms with E-state index in [0.29, 0.717) is 5.92 Å². The third-order valence-electron chi connectivity index (χ3n) is 4.65. The molecule has 116 valence electrons. The number of hydrogen-bond acceptors (Lipinski definition) is 3. The van der Waals surface area contributed by atoms with Gasteiger partial charge in [0.25, 0.3) is 0 Å². The number of piperidine rings is 1. The van der Waals surface area contributed by atoms with Crippen LogP contribution >= 0.6 is 15.9 Å². The molecule has 3 aliphatic heterocycles. The molecule has 1 fully saturated rings. The summed E-state index contributed by atoms with van der Waals surface area (Å²) in [6.07, 6.45) is 3.52. The van der Waals surface area contributed by atoms with Crippen molar-refractivity contribution in [2.45, 2.75) is 32.1 Å². The number of aromatic amines is 1. The van der Waals surface area contributed by atoms with Gasteiger partial charge in [-0.1, -0.05) is 6.92 Å². The lowest BCUT2D eigenvalue weighted by Crippen LogP contribution is -2.38. The fourth-order valence-corrected chi connectivity index (χ4v) is 4.02. The van der Waals surface area contributed by atoms with Gasteiger partial charge in [-0.2, -0.15) is 5.10 Å². The second-order valence-corrected chi connectivity index (χ2v) is 6.94. The van der Waals surface area contributed by atoms with Gasteiger partial charge in [0.15, 0.2) is 0 Å². The summed E-state index contributed by atoms with van der Waals surface area (Å²) in [7, 11) is 0. The topological polar surface area (TPSA) is 41.1 Å². The van der Waals surface area contributed by atoms with Gasteiger partial charge < -0.3 is 9.64 Å². The summed E-state index contributed by atoms with van der Waals surface area (Å²) in [6.45, 7) is 5.17. The van der Waals surface area contributed by atoms with Gasteiger partial charge in [-0.3, -0.25) is 5.10 Å². The Morgan fingerprint density at radius 1 is 1.36 bits per heavy atom. The first-order chi connectivity index (χ1) is 10.8. The number of ether oxygens (including phenoxy) is 1. The average Bonchev–Trinajstić information content (AvgIpc) is 3.02. The van der Waals surface area contributed by atoms with Crippen molar-refractivity contribution in [3.8, 4) is 17.0 Å². The highest BCUT2D eigenvalue weighted by Gasteiger charge is 2.35. The molecule has 4 heterocycles. The zero-order valence-electron chi connectivity index (χ0n) is 12.7. The first-order valence-corrected chi connectivity index (χ1v) is 8.83. The molecule has 1 N–H and O–H groups in total. The molecule has 2 bridgehead atoms. The maximum Gasteiger partial charge on any atom is 0.133 e. The summed E-state index contributed by atoms with van der Waals surface area (Å²) < 4.78 is 6.73. The zero-order valence-corrected chi connectivity index (χ0v) is 14.3. The number of rotatable bonds is 4. The van der Waals surface area contributed by atoms with E-state index in [9.17, 15) is 0 Å². The second-order valence-electron chi connectivity index (χ2n) is 6.09. The monoisotopic (exact) mass is 361 g/mol. The maximum absolute atomic E-state index is 5.73. The van der Waals surface area contributed by atoms with Crippen LogP contribution in [0.5, 0.6) is 5.75 Å². The van der Waals surface area contributed by atoms with Crippen LogP contribution in [0.3, 0.4) is 0 Å². The second kappa shape index (κ2) is 5.61. The highest BCUT2D eigenvalue weighted by Crippen LogP contribution is 2.46. The standard InChI is InChI=1S/C17H20BrN3O/c1-2-9-22-14-4-3-12(10-13(14)18)16-17-15(19-20-16)11-5-7-21(17)8-6-11/h3-4,10-11H,2,5-9H2,1H3,(H,19,20). The van der Waals surface area contributed by atoms with Crippen LogP contribution in [-0.4, -0.2) is 29.9 Å². The van der Waals surface area contributed by atoms with Crippen LogP contribution in [0.1, 0.15) is 37.8 Å². The summed E-state index contributed by atoms with van der Waals surface area (Å²) in [5.41, 5.74) is 4.86. The number of H-pyrrole nitrogens is 1. The van der Waals surface area contributed by atoms with Crippen molar-refractivity contribution in [3.63, 3.8) is 0 Å². The van der Waals surface area contributed by atoms with Crippen molar-refractivity contribution in [3.05, 3.63) is 28.4 Å². The molecule has 4 nitrogen and oxygen atoms in total. The molecule has 0 unspecified atom stereocenters. The Bertz CT molecular complexity index is 689. The Balaban J connectivity index is 1.70. The van der Waals surface area contributed by atoms with Gasteiger partial charge in [-0.05, 0) is 53.4 Å². The maximum atomic E-state index is 5.73. The minimum absolute atomic E-state index is 0.664. The predicted molar refractivity (Wildman–Crippen MR) is 91.7 cm³/mol. The van der Waals surface area contributed by atoms with Crippen LogP contribution in [0.15, 0.2) is 22.7 Å². The molecule has 0 amide bonds. The third-order valence-corrected chi connectivity index (χ3v) is 5.27. The molecular formula is C17H20BrN3O. The zero-order chi connectivity index (χ0) is 15.1. The molecule has 1 aromatic heterocycles. The highest BCUT2D eigenvalue weighted by molar-refractivity contribution is 9.10. The van der Waals surface area contributed by atoms with Crippen molar-refractivity contribution in [1.82, 2.24) is 10.2 Å². The van der Waals surface area contributed by atoms with Gasteiger partial charge in [0, 0.05) is 24.6 Å². The normalized spacial score (nSPS) is 16.9. The Labute approximate surface area is 139 Å². The highest BCUT2D eigenvalue weighted by atomic mass is 79.9.